The average Bonchev–Trinajstić information content (AvgIpc) is 2.89. The maximum atomic E-state index is 13.8. The van der Waals surface area contributed by atoms with Crippen LogP contribution in [0.1, 0.15) is 37.4 Å². The van der Waals surface area contributed by atoms with Crippen LogP contribution in [-0.4, -0.2) is 12.1 Å². The van der Waals surface area contributed by atoms with E-state index >= 15 is 0 Å². The summed E-state index contributed by atoms with van der Waals surface area (Å²) in [5.41, 5.74) is 1.11. The van der Waals surface area contributed by atoms with E-state index in [-0.39, 0.29) is 6.61 Å². The first-order valence-corrected chi connectivity index (χ1v) is 10.5. The number of carbonyl (C=O) groups is 2. The van der Waals surface area contributed by atoms with Crippen LogP contribution in [0.15, 0.2) is 60.7 Å². The van der Waals surface area contributed by atoms with Gasteiger partial charge in [0, 0.05) is 0 Å². The molecule has 0 saturated heterocycles. The fourth-order valence-corrected chi connectivity index (χ4v) is 2.84. The van der Waals surface area contributed by atoms with Crippen molar-refractivity contribution in [3.8, 4) is 5.75 Å². The fraction of sp³-hybridized carbons (Fsp3) is 0.200. The van der Waals surface area contributed by atoms with E-state index in [1.54, 1.807) is 60.7 Å². The summed E-state index contributed by atoms with van der Waals surface area (Å²) in [5, 5.41) is 2.42. The van der Waals surface area contributed by atoms with E-state index in [2.05, 4.69) is 10.1 Å². The molecule has 0 fully saturated rings. The molecule has 0 saturated carbocycles. The molecule has 0 bridgehead atoms. The Morgan fingerprint density at radius 3 is 1.80 bits per heavy atom. The molecule has 0 aliphatic rings. The number of ether oxygens (including phenoxy) is 2. The predicted molar refractivity (Wildman–Crippen MR) is 117 cm³/mol. The highest BCUT2D eigenvalue weighted by atomic mass is 19.2. The van der Waals surface area contributed by atoms with Gasteiger partial charge in [-0.1, -0.05) is 74.5 Å². The van der Waals surface area contributed by atoms with E-state index in [9.17, 15) is 31.5 Å². The van der Waals surface area contributed by atoms with Crippen LogP contribution in [0, 0.1) is 29.1 Å². The molecule has 0 spiro atoms. The number of alkyl carbamates (subject to hydrolysis) is 1. The third-order valence-corrected chi connectivity index (χ3v) is 4.46. The maximum Gasteiger partial charge on any atom is 0.407 e. The minimum absolute atomic E-state index is 0.0663. The number of hydrogen-bond donors (Lipinski definition) is 1. The quantitative estimate of drug-likeness (QED) is 0.136. The lowest BCUT2D eigenvalue weighted by molar-refractivity contribution is -0.135. The highest BCUT2D eigenvalue weighted by Gasteiger charge is 2.29. The largest absolute Gasteiger partial charge is 0.445 e. The van der Waals surface area contributed by atoms with Gasteiger partial charge in [0.1, 0.15) is 6.61 Å². The predicted octanol–water partition coefficient (Wildman–Crippen LogP) is 6.37. The molecule has 10 heteroatoms. The first-order valence-electron chi connectivity index (χ1n) is 10.5. The van der Waals surface area contributed by atoms with Crippen LogP contribution in [0.3, 0.4) is 0 Å². The van der Waals surface area contributed by atoms with Crippen molar-refractivity contribution in [1.82, 2.24) is 5.32 Å². The Labute approximate surface area is 198 Å². The lowest BCUT2D eigenvalue weighted by atomic mass is 10.0. The number of carbonyl (C=O) groups excluding carboxylic acids is 2. The molecule has 35 heavy (non-hydrogen) atoms. The van der Waals surface area contributed by atoms with Crippen LogP contribution in [0.2, 0.25) is 0 Å². The second kappa shape index (κ2) is 13.1. The molecule has 0 aliphatic carbocycles. The molecule has 3 rings (SSSR count). The van der Waals surface area contributed by atoms with Gasteiger partial charge >= 0.3 is 12.1 Å². The van der Waals surface area contributed by atoms with E-state index in [0.29, 0.717) is 11.1 Å². The van der Waals surface area contributed by atoms with Crippen molar-refractivity contribution in [2.75, 3.05) is 0 Å². The molecular formula is C25H22F5NO4. The first kappa shape index (κ1) is 27.3. The van der Waals surface area contributed by atoms with Crippen molar-refractivity contribution < 1.29 is 41.0 Å². The van der Waals surface area contributed by atoms with Crippen molar-refractivity contribution in [3.63, 3.8) is 0 Å². The van der Waals surface area contributed by atoms with Gasteiger partial charge in [-0.2, -0.15) is 8.78 Å². The first-order chi connectivity index (χ1) is 16.8. The summed E-state index contributed by atoms with van der Waals surface area (Å²) in [6.07, 6.45) is -1.60. The van der Waals surface area contributed by atoms with Crippen LogP contribution in [-0.2, 0) is 16.1 Å². The number of nitrogens with one attached hydrogen (secondary N) is 1. The zero-order valence-corrected chi connectivity index (χ0v) is 18.8. The van der Waals surface area contributed by atoms with Crippen molar-refractivity contribution >= 4 is 12.1 Å². The van der Waals surface area contributed by atoms with Gasteiger partial charge in [0.05, 0.1) is 12.5 Å². The number of hydrogen-bond acceptors (Lipinski definition) is 4. The summed E-state index contributed by atoms with van der Waals surface area (Å²) < 4.78 is 77.0. The normalized spacial score (nSPS) is 11.1. The summed E-state index contributed by atoms with van der Waals surface area (Å²) in [4.78, 5) is 24.5. The number of rotatable bonds is 7. The Kier molecular flexibility index (Phi) is 10.2. The minimum atomic E-state index is -2.38. The van der Waals surface area contributed by atoms with Crippen molar-refractivity contribution in [1.29, 1.82) is 0 Å². The summed E-state index contributed by atoms with van der Waals surface area (Å²) in [6, 6.07) is 15.6. The lowest BCUT2D eigenvalue weighted by Gasteiger charge is -2.19. The Bertz CT molecular complexity index is 1110. The summed E-state index contributed by atoms with van der Waals surface area (Å²) >= 11 is 0. The third kappa shape index (κ3) is 7.26. The summed E-state index contributed by atoms with van der Waals surface area (Å²) in [6.45, 7) is 3.93. The lowest BCUT2D eigenvalue weighted by Crippen LogP contribution is -2.31. The Morgan fingerprint density at radius 2 is 1.26 bits per heavy atom. The van der Waals surface area contributed by atoms with E-state index < -0.39 is 59.4 Å². The Morgan fingerprint density at radius 1 is 0.771 bits per heavy atom. The van der Waals surface area contributed by atoms with Gasteiger partial charge in [-0.3, -0.25) is 4.79 Å². The maximum absolute atomic E-state index is 13.8. The zero-order chi connectivity index (χ0) is 26.0. The number of halogens is 5. The smallest absolute Gasteiger partial charge is 0.407 e. The van der Waals surface area contributed by atoms with E-state index in [0.717, 1.165) is 0 Å². The van der Waals surface area contributed by atoms with Crippen LogP contribution in [0.4, 0.5) is 26.7 Å². The van der Waals surface area contributed by atoms with Gasteiger partial charge in [0.2, 0.25) is 34.8 Å². The molecule has 186 valence electrons. The molecule has 0 heterocycles. The molecule has 0 unspecified atom stereocenters. The number of benzene rings is 3. The Balaban J connectivity index is 0.00000210. The van der Waals surface area contributed by atoms with E-state index in [1.165, 1.54) is 0 Å². The van der Waals surface area contributed by atoms with Gasteiger partial charge in [-0.15, -0.1) is 0 Å². The molecule has 1 N–H and O–H groups in total. The van der Waals surface area contributed by atoms with Crippen molar-refractivity contribution in [2.24, 2.45) is 0 Å². The standard InChI is InChI=1S/C23H16F5NO4.C2H6/c24-17-18(25)20(27)22(21(28)19(17)26)33-16(30)11-15(14-9-5-2-6-10-14)29-23(31)32-12-13-7-3-1-4-8-13;1-2/h1-10,15H,11-12H2,(H,29,31);1-2H3/t15-;/m1./s1. The highest BCUT2D eigenvalue weighted by molar-refractivity contribution is 5.75. The molecule has 0 radical (unpaired) electrons. The molecule has 3 aromatic rings. The second-order valence-electron chi connectivity index (χ2n) is 6.75. The number of esters is 1. The fourth-order valence-electron chi connectivity index (χ4n) is 2.84. The molecule has 0 aliphatic heterocycles. The van der Waals surface area contributed by atoms with Gasteiger partial charge in [0.25, 0.3) is 0 Å². The van der Waals surface area contributed by atoms with Crippen molar-refractivity contribution in [2.45, 2.75) is 32.9 Å². The monoisotopic (exact) mass is 495 g/mol. The second-order valence-corrected chi connectivity index (χ2v) is 6.75. The van der Waals surface area contributed by atoms with Gasteiger partial charge in [0.15, 0.2) is 0 Å². The van der Waals surface area contributed by atoms with Crippen LogP contribution >= 0.6 is 0 Å². The van der Waals surface area contributed by atoms with Gasteiger partial charge in [-0.25, -0.2) is 18.0 Å². The minimum Gasteiger partial charge on any atom is -0.445 e. The van der Waals surface area contributed by atoms with Crippen LogP contribution in [0.5, 0.6) is 5.75 Å². The summed E-state index contributed by atoms with van der Waals surface area (Å²) in [5.74, 6) is -14.5. The number of amides is 1. The van der Waals surface area contributed by atoms with Crippen molar-refractivity contribution in [3.05, 3.63) is 101 Å². The van der Waals surface area contributed by atoms with E-state index in [1.807, 2.05) is 13.8 Å². The molecular weight excluding hydrogens is 473 g/mol. The van der Waals surface area contributed by atoms with Crippen LogP contribution in [0.25, 0.3) is 0 Å². The van der Waals surface area contributed by atoms with Gasteiger partial charge in [-0.05, 0) is 11.1 Å². The van der Waals surface area contributed by atoms with Gasteiger partial charge < -0.3 is 14.8 Å². The Hall–Kier alpha value is -3.95. The summed E-state index contributed by atoms with van der Waals surface area (Å²) in [7, 11) is 0. The SMILES string of the molecule is CC.O=C(C[C@@H](NC(=O)OCc1ccccc1)c1ccccc1)Oc1c(F)c(F)c(F)c(F)c1F. The topological polar surface area (TPSA) is 64.6 Å². The molecule has 5 nitrogen and oxygen atoms in total. The molecule has 0 aromatic heterocycles. The highest BCUT2D eigenvalue weighted by Crippen LogP contribution is 2.30. The average molecular weight is 495 g/mol. The molecule has 1 amide bonds. The molecule has 1 atom stereocenters. The van der Waals surface area contributed by atoms with Crippen LogP contribution < -0.4 is 10.1 Å². The molecule has 3 aromatic carbocycles. The van der Waals surface area contributed by atoms with E-state index in [4.69, 9.17) is 4.74 Å². The zero-order valence-electron chi connectivity index (χ0n) is 18.8. The third-order valence-electron chi connectivity index (χ3n) is 4.46.